The Morgan fingerprint density at radius 2 is 1.56 bits per heavy atom. The highest BCUT2D eigenvalue weighted by molar-refractivity contribution is 5.80. The van der Waals surface area contributed by atoms with Crippen LogP contribution in [0, 0.1) is 0 Å². The summed E-state index contributed by atoms with van der Waals surface area (Å²) < 4.78 is 4.68. The number of benzene rings is 3. The minimum absolute atomic E-state index is 0.181. The molecule has 3 aromatic rings. The highest BCUT2D eigenvalue weighted by atomic mass is 16.5. The van der Waals surface area contributed by atoms with Crippen LogP contribution < -0.4 is 5.32 Å². The van der Waals surface area contributed by atoms with Crippen molar-refractivity contribution in [1.29, 1.82) is 0 Å². The number of aryl methyl sites for hydroxylation is 1. The molecular formula is C22H21NO2. The van der Waals surface area contributed by atoms with Crippen molar-refractivity contribution in [3.63, 3.8) is 0 Å². The number of ether oxygens (including phenoxy) is 1. The second kappa shape index (κ2) is 8.15. The third kappa shape index (κ3) is 4.48. The fraction of sp³-hybridized carbons (Fsp3) is 0.136. The lowest BCUT2D eigenvalue weighted by Gasteiger charge is -2.13. The van der Waals surface area contributed by atoms with Gasteiger partial charge < -0.3 is 10.1 Å². The molecule has 0 spiro atoms. The topological polar surface area (TPSA) is 38.3 Å². The van der Waals surface area contributed by atoms with Crippen LogP contribution in [-0.4, -0.2) is 13.1 Å². The maximum absolute atomic E-state index is 11.2. The molecule has 0 radical (unpaired) electrons. The highest BCUT2D eigenvalue weighted by Gasteiger charge is 2.05. The largest absolute Gasteiger partial charge is 0.469 e. The van der Waals surface area contributed by atoms with Gasteiger partial charge in [-0.25, -0.2) is 0 Å². The van der Waals surface area contributed by atoms with Crippen molar-refractivity contribution in [2.75, 3.05) is 12.4 Å². The average molecular weight is 331 g/mol. The van der Waals surface area contributed by atoms with E-state index in [4.69, 9.17) is 0 Å². The first kappa shape index (κ1) is 16.8. The van der Waals surface area contributed by atoms with Crippen LogP contribution >= 0.6 is 0 Å². The number of carbonyl (C=O) groups is 1. The van der Waals surface area contributed by atoms with Gasteiger partial charge in [0.05, 0.1) is 7.11 Å². The van der Waals surface area contributed by atoms with Crippen LogP contribution in [0.4, 0.5) is 11.4 Å². The van der Waals surface area contributed by atoms with Crippen LogP contribution in [0.5, 0.6) is 0 Å². The number of carbonyl (C=O) groups excluding carboxylic acids is 1. The molecule has 0 aliphatic carbocycles. The predicted octanol–water partition coefficient (Wildman–Crippen LogP) is 5.20. The molecule has 126 valence electrons. The van der Waals surface area contributed by atoms with Crippen LogP contribution in [0.1, 0.15) is 12.0 Å². The van der Waals surface area contributed by atoms with Crippen LogP contribution in [0.15, 0.2) is 78.9 Å². The number of methoxy groups -OCH3 is 1. The molecule has 0 atom stereocenters. The maximum Gasteiger partial charge on any atom is 0.305 e. The highest BCUT2D eigenvalue weighted by Crippen LogP contribution is 2.30. The molecule has 0 fully saturated rings. The minimum Gasteiger partial charge on any atom is -0.469 e. The Kier molecular flexibility index (Phi) is 5.47. The van der Waals surface area contributed by atoms with Crippen molar-refractivity contribution >= 4 is 17.3 Å². The van der Waals surface area contributed by atoms with Crippen LogP contribution in [0.25, 0.3) is 11.1 Å². The van der Waals surface area contributed by atoms with E-state index < -0.39 is 0 Å². The molecule has 3 rings (SSSR count). The lowest BCUT2D eigenvalue weighted by Crippen LogP contribution is -2.01. The van der Waals surface area contributed by atoms with Crippen molar-refractivity contribution in [2.45, 2.75) is 12.8 Å². The van der Waals surface area contributed by atoms with Gasteiger partial charge in [0.25, 0.3) is 0 Å². The number of nitrogens with one attached hydrogen (secondary N) is 1. The Bertz CT molecular complexity index is 826. The quantitative estimate of drug-likeness (QED) is 0.631. The minimum atomic E-state index is -0.181. The standard InChI is InChI=1S/C22H21NO2/c1-25-22(24)16-13-17-11-14-19(15-12-17)23-21-10-6-5-9-20(21)18-7-3-2-4-8-18/h2-12,14-15,23H,13,16H2,1H3. The van der Waals surface area contributed by atoms with Gasteiger partial charge in [-0.1, -0.05) is 60.7 Å². The molecule has 0 saturated heterocycles. The number of anilines is 2. The van der Waals surface area contributed by atoms with Gasteiger partial charge in [-0.05, 0) is 35.7 Å². The van der Waals surface area contributed by atoms with E-state index in [1.54, 1.807) is 0 Å². The lowest BCUT2D eigenvalue weighted by atomic mass is 10.0. The van der Waals surface area contributed by atoms with Gasteiger partial charge >= 0.3 is 5.97 Å². The monoisotopic (exact) mass is 331 g/mol. The molecule has 0 unspecified atom stereocenters. The Hall–Kier alpha value is -3.07. The van der Waals surface area contributed by atoms with E-state index in [0.29, 0.717) is 12.8 Å². The summed E-state index contributed by atoms with van der Waals surface area (Å²) in [6, 6.07) is 26.7. The summed E-state index contributed by atoms with van der Waals surface area (Å²) in [7, 11) is 1.42. The molecular weight excluding hydrogens is 310 g/mol. The summed E-state index contributed by atoms with van der Waals surface area (Å²) in [6.07, 6.45) is 1.09. The van der Waals surface area contributed by atoms with Crippen LogP contribution in [0.3, 0.4) is 0 Å². The summed E-state index contributed by atoms with van der Waals surface area (Å²) in [5, 5.41) is 3.48. The molecule has 3 heteroatoms. The van der Waals surface area contributed by atoms with Crippen molar-refractivity contribution in [3.8, 4) is 11.1 Å². The molecule has 0 heterocycles. The SMILES string of the molecule is COC(=O)CCc1ccc(Nc2ccccc2-c2ccccc2)cc1. The molecule has 0 saturated carbocycles. The van der Waals surface area contributed by atoms with E-state index in [2.05, 4.69) is 34.3 Å². The molecule has 0 aliphatic rings. The van der Waals surface area contributed by atoms with Gasteiger partial charge in [-0.2, -0.15) is 0 Å². The molecule has 0 amide bonds. The first-order valence-corrected chi connectivity index (χ1v) is 8.33. The zero-order valence-electron chi connectivity index (χ0n) is 14.2. The summed E-state index contributed by atoms with van der Waals surface area (Å²) in [4.78, 5) is 11.2. The Labute approximate surface area is 148 Å². The average Bonchev–Trinajstić information content (AvgIpc) is 2.68. The first-order valence-electron chi connectivity index (χ1n) is 8.33. The Morgan fingerprint density at radius 3 is 2.28 bits per heavy atom. The number of rotatable bonds is 6. The number of hydrogen-bond donors (Lipinski definition) is 1. The molecule has 1 N–H and O–H groups in total. The molecule has 0 aromatic heterocycles. The Balaban J connectivity index is 1.74. The summed E-state index contributed by atoms with van der Waals surface area (Å²) in [5.74, 6) is -0.181. The normalized spacial score (nSPS) is 10.3. The van der Waals surface area contributed by atoms with Crippen molar-refractivity contribution in [1.82, 2.24) is 0 Å². The first-order chi connectivity index (χ1) is 12.3. The van der Waals surface area contributed by atoms with Gasteiger partial charge in [0.1, 0.15) is 0 Å². The predicted molar refractivity (Wildman–Crippen MR) is 102 cm³/mol. The maximum atomic E-state index is 11.2. The number of para-hydroxylation sites is 1. The Morgan fingerprint density at radius 1 is 0.880 bits per heavy atom. The van der Waals surface area contributed by atoms with Gasteiger partial charge in [0, 0.05) is 23.4 Å². The fourth-order valence-electron chi connectivity index (χ4n) is 2.72. The second-order valence-electron chi connectivity index (χ2n) is 5.81. The summed E-state index contributed by atoms with van der Waals surface area (Å²) in [6.45, 7) is 0. The molecule has 0 aliphatic heterocycles. The molecule has 25 heavy (non-hydrogen) atoms. The van der Waals surface area contributed by atoms with Crippen molar-refractivity contribution < 1.29 is 9.53 Å². The zero-order valence-corrected chi connectivity index (χ0v) is 14.2. The molecule has 3 aromatic carbocycles. The van der Waals surface area contributed by atoms with Gasteiger partial charge in [-0.3, -0.25) is 4.79 Å². The third-order valence-electron chi connectivity index (χ3n) is 4.09. The summed E-state index contributed by atoms with van der Waals surface area (Å²) >= 11 is 0. The smallest absolute Gasteiger partial charge is 0.305 e. The van der Waals surface area contributed by atoms with E-state index >= 15 is 0 Å². The van der Waals surface area contributed by atoms with E-state index in [1.807, 2.05) is 54.6 Å². The van der Waals surface area contributed by atoms with Gasteiger partial charge in [0.2, 0.25) is 0 Å². The summed E-state index contributed by atoms with van der Waals surface area (Å²) in [5.41, 5.74) is 5.55. The van der Waals surface area contributed by atoms with E-state index in [1.165, 1.54) is 12.7 Å². The van der Waals surface area contributed by atoms with E-state index in [9.17, 15) is 4.79 Å². The van der Waals surface area contributed by atoms with Crippen molar-refractivity contribution in [3.05, 3.63) is 84.4 Å². The molecule has 3 nitrogen and oxygen atoms in total. The van der Waals surface area contributed by atoms with Gasteiger partial charge in [0.15, 0.2) is 0 Å². The van der Waals surface area contributed by atoms with E-state index in [-0.39, 0.29) is 5.97 Å². The van der Waals surface area contributed by atoms with Gasteiger partial charge in [-0.15, -0.1) is 0 Å². The lowest BCUT2D eigenvalue weighted by molar-refractivity contribution is -0.140. The molecule has 0 bridgehead atoms. The zero-order chi connectivity index (χ0) is 17.5. The van der Waals surface area contributed by atoms with Crippen LogP contribution in [0.2, 0.25) is 0 Å². The van der Waals surface area contributed by atoms with E-state index in [0.717, 1.165) is 22.5 Å². The number of esters is 1. The third-order valence-corrected chi connectivity index (χ3v) is 4.09. The second-order valence-corrected chi connectivity index (χ2v) is 5.81. The fourth-order valence-corrected chi connectivity index (χ4v) is 2.72. The number of hydrogen-bond acceptors (Lipinski definition) is 3. The van der Waals surface area contributed by atoms with Crippen molar-refractivity contribution in [2.24, 2.45) is 0 Å². The van der Waals surface area contributed by atoms with Crippen LogP contribution in [-0.2, 0) is 16.0 Å².